The molecule has 8 heteroatoms. The first-order valence-electron chi connectivity index (χ1n) is 8.77. The summed E-state index contributed by atoms with van der Waals surface area (Å²) >= 11 is 3.61. The van der Waals surface area contributed by atoms with Gasteiger partial charge in [0.25, 0.3) is 0 Å². The fourth-order valence-corrected chi connectivity index (χ4v) is 5.28. The number of piperazine rings is 1. The van der Waals surface area contributed by atoms with Crippen molar-refractivity contribution in [2.24, 2.45) is 0 Å². The molecular formula is C18H21BrN4O2S. The number of fused-ring (bicyclic) bond motifs is 1. The highest BCUT2D eigenvalue weighted by Crippen LogP contribution is 2.24. The Morgan fingerprint density at radius 2 is 1.85 bits per heavy atom. The van der Waals surface area contributed by atoms with Crippen LogP contribution in [0, 0.1) is 0 Å². The maximum absolute atomic E-state index is 11.9. The highest BCUT2D eigenvalue weighted by Gasteiger charge is 2.25. The second-order valence-electron chi connectivity index (χ2n) is 6.87. The quantitative estimate of drug-likeness (QED) is 0.733. The summed E-state index contributed by atoms with van der Waals surface area (Å²) in [7, 11) is -2.99. The zero-order chi connectivity index (χ0) is 18.1. The van der Waals surface area contributed by atoms with E-state index in [-0.39, 0.29) is 11.5 Å². The van der Waals surface area contributed by atoms with Crippen LogP contribution in [0.25, 0.3) is 0 Å². The average Bonchev–Trinajstić information content (AvgIpc) is 2.63. The summed E-state index contributed by atoms with van der Waals surface area (Å²) in [5.41, 5.74) is 2.94. The predicted octanol–water partition coefficient (Wildman–Crippen LogP) is 2.03. The molecule has 0 amide bonds. The van der Waals surface area contributed by atoms with Crippen LogP contribution in [0.2, 0.25) is 0 Å². The minimum absolute atomic E-state index is 0.0901. The summed E-state index contributed by atoms with van der Waals surface area (Å²) in [4.78, 5) is 4.62. The van der Waals surface area contributed by atoms with Crippen molar-refractivity contribution in [3.05, 3.63) is 51.6 Å². The Bertz CT molecular complexity index is 911. The summed E-state index contributed by atoms with van der Waals surface area (Å²) in [6.07, 6.45) is 0.477. The van der Waals surface area contributed by atoms with E-state index in [1.165, 1.54) is 5.56 Å². The van der Waals surface area contributed by atoms with Crippen molar-refractivity contribution in [1.29, 1.82) is 0 Å². The van der Waals surface area contributed by atoms with Gasteiger partial charge in [-0.05, 0) is 23.3 Å². The normalized spacial score (nSPS) is 20.0. The van der Waals surface area contributed by atoms with Crippen LogP contribution in [0.1, 0.15) is 16.8 Å². The number of benzene rings is 1. The molecule has 1 saturated heterocycles. The van der Waals surface area contributed by atoms with E-state index in [0.717, 1.165) is 54.3 Å². The fraction of sp³-hybridized carbons (Fsp3) is 0.444. The second kappa shape index (κ2) is 7.25. The van der Waals surface area contributed by atoms with E-state index >= 15 is 0 Å². The number of rotatable bonds is 3. The van der Waals surface area contributed by atoms with Gasteiger partial charge in [-0.3, -0.25) is 4.90 Å². The van der Waals surface area contributed by atoms with Crippen molar-refractivity contribution >= 4 is 31.6 Å². The number of hydrogen-bond donors (Lipinski definition) is 0. The van der Waals surface area contributed by atoms with Gasteiger partial charge >= 0.3 is 0 Å². The van der Waals surface area contributed by atoms with E-state index in [9.17, 15) is 8.42 Å². The number of sulfone groups is 1. The van der Waals surface area contributed by atoms with Gasteiger partial charge in [-0.2, -0.15) is 5.10 Å². The summed E-state index contributed by atoms with van der Waals surface area (Å²) < 4.78 is 24.9. The maximum atomic E-state index is 11.9. The summed E-state index contributed by atoms with van der Waals surface area (Å²) in [6, 6.07) is 10.2. The van der Waals surface area contributed by atoms with Gasteiger partial charge in [0.2, 0.25) is 0 Å². The first kappa shape index (κ1) is 17.9. The predicted molar refractivity (Wildman–Crippen MR) is 105 cm³/mol. The van der Waals surface area contributed by atoms with Crippen LogP contribution in [0.3, 0.4) is 0 Å². The minimum atomic E-state index is -2.99. The summed E-state index contributed by atoms with van der Waals surface area (Å²) in [5, 5.41) is 8.62. The van der Waals surface area contributed by atoms with Gasteiger partial charge in [0.05, 0.1) is 17.2 Å². The molecule has 0 spiro atoms. The number of nitrogens with zero attached hydrogens (tertiary/aromatic N) is 4. The zero-order valence-corrected chi connectivity index (χ0v) is 16.8. The topological polar surface area (TPSA) is 66.4 Å². The number of aryl methyl sites for hydroxylation is 1. The monoisotopic (exact) mass is 436 g/mol. The lowest BCUT2D eigenvalue weighted by Crippen LogP contribution is -2.46. The van der Waals surface area contributed by atoms with E-state index in [0.29, 0.717) is 6.42 Å². The zero-order valence-electron chi connectivity index (χ0n) is 14.4. The number of halogens is 1. The van der Waals surface area contributed by atoms with Gasteiger partial charge in [-0.15, -0.1) is 5.10 Å². The van der Waals surface area contributed by atoms with Gasteiger partial charge < -0.3 is 4.90 Å². The van der Waals surface area contributed by atoms with Gasteiger partial charge in [-0.25, -0.2) is 8.42 Å². The van der Waals surface area contributed by atoms with Gasteiger partial charge in [-0.1, -0.05) is 34.1 Å². The Balaban J connectivity index is 1.41. The number of aromatic nitrogens is 2. The Morgan fingerprint density at radius 3 is 2.62 bits per heavy atom. The molecule has 138 valence electrons. The number of anilines is 1. The third kappa shape index (κ3) is 3.92. The summed E-state index contributed by atoms with van der Waals surface area (Å²) in [5.74, 6) is 1.07. The van der Waals surface area contributed by atoms with Crippen LogP contribution in [-0.4, -0.2) is 55.4 Å². The summed E-state index contributed by atoms with van der Waals surface area (Å²) in [6.45, 7) is 4.54. The van der Waals surface area contributed by atoms with Crippen LogP contribution in [0.5, 0.6) is 0 Å². The van der Waals surface area contributed by atoms with Crippen LogP contribution >= 0.6 is 15.9 Å². The second-order valence-corrected chi connectivity index (χ2v) is 9.91. The van der Waals surface area contributed by atoms with Crippen molar-refractivity contribution in [3.63, 3.8) is 0 Å². The average molecular weight is 437 g/mol. The number of hydrogen-bond acceptors (Lipinski definition) is 6. The molecule has 6 nitrogen and oxygen atoms in total. The first-order chi connectivity index (χ1) is 12.5. The molecule has 0 unspecified atom stereocenters. The maximum Gasteiger partial charge on any atom is 0.154 e. The molecule has 26 heavy (non-hydrogen) atoms. The molecule has 3 heterocycles. The standard InChI is InChI=1S/C18H21BrN4O2S/c19-16-4-2-1-3-14(16)12-22-6-8-23(9-7-22)18-11-15-13-26(24,25)10-5-17(15)20-21-18/h1-4,11H,5-10,12-13H2. The molecule has 0 saturated carbocycles. The molecule has 1 aromatic heterocycles. The highest BCUT2D eigenvalue weighted by molar-refractivity contribution is 9.10. The van der Waals surface area contributed by atoms with Crippen molar-refractivity contribution < 1.29 is 8.42 Å². The molecule has 0 bridgehead atoms. The van der Waals surface area contributed by atoms with Crippen molar-refractivity contribution in [3.8, 4) is 0 Å². The van der Waals surface area contributed by atoms with Crippen LogP contribution in [-0.2, 0) is 28.6 Å². The lowest BCUT2D eigenvalue weighted by Gasteiger charge is -2.35. The van der Waals surface area contributed by atoms with E-state index in [1.807, 2.05) is 12.1 Å². The fourth-order valence-electron chi connectivity index (χ4n) is 3.50. The third-order valence-corrected chi connectivity index (χ3v) is 7.37. The first-order valence-corrected chi connectivity index (χ1v) is 11.4. The van der Waals surface area contributed by atoms with Crippen molar-refractivity contribution in [2.75, 3.05) is 36.8 Å². The molecule has 1 fully saturated rings. The van der Waals surface area contributed by atoms with Gasteiger partial charge in [0, 0.05) is 43.6 Å². The highest BCUT2D eigenvalue weighted by atomic mass is 79.9. The smallest absolute Gasteiger partial charge is 0.154 e. The van der Waals surface area contributed by atoms with E-state index in [1.54, 1.807) is 0 Å². The van der Waals surface area contributed by atoms with E-state index in [4.69, 9.17) is 0 Å². The Morgan fingerprint density at radius 1 is 1.08 bits per heavy atom. The van der Waals surface area contributed by atoms with Crippen LogP contribution < -0.4 is 4.90 Å². The molecule has 2 aliphatic heterocycles. The molecule has 0 N–H and O–H groups in total. The molecule has 0 atom stereocenters. The lowest BCUT2D eigenvalue weighted by atomic mass is 10.1. The molecule has 2 aromatic rings. The molecular weight excluding hydrogens is 416 g/mol. The Kier molecular flexibility index (Phi) is 4.98. The SMILES string of the molecule is O=S1(=O)CCc2nnc(N3CCN(Cc4ccccc4Br)CC3)cc2C1. The molecule has 0 radical (unpaired) electrons. The van der Waals surface area contributed by atoms with E-state index in [2.05, 4.69) is 54.1 Å². The van der Waals surface area contributed by atoms with Gasteiger partial charge in [0.15, 0.2) is 15.7 Å². The largest absolute Gasteiger partial charge is 0.353 e. The molecule has 2 aliphatic rings. The minimum Gasteiger partial charge on any atom is -0.353 e. The molecule has 4 rings (SSSR count). The molecule has 0 aliphatic carbocycles. The van der Waals surface area contributed by atoms with Crippen molar-refractivity contribution in [1.82, 2.24) is 15.1 Å². The van der Waals surface area contributed by atoms with E-state index < -0.39 is 9.84 Å². The lowest BCUT2D eigenvalue weighted by molar-refractivity contribution is 0.248. The Hall–Kier alpha value is -1.51. The molecule has 1 aromatic carbocycles. The third-order valence-electron chi connectivity index (χ3n) is 5.02. The van der Waals surface area contributed by atoms with Crippen LogP contribution in [0.15, 0.2) is 34.8 Å². The Labute approximate surface area is 162 Å². The van der Waals surface area contributed by atoms with Crippen LogP contribution in [0.4, 0.5) is 5.82 Å². The van der Waals surface area contributed by atoms with Gasteiger partial charge in [0.1, 0.15) is 0 Å². The van der Waals surface area contributed by atoms with Crippen molar-refractivity contribution in [2.45, 2.75) is 18.7 Å².